The van der Waals surface area contributed by atoms with E-state index in [1.165, 1.54) is 11.1 Å². The number of Topliss-reactive ketones (excluding diaryl/α,β-unsaturated/α-hetero) is 1. The van der Waals surface area contributed by atoms with E-state index in [9.17, 15) is 4.79 Å². The maximum atomic E-state index is 12.6. The molecular formula is C18H18O. The van der Waals surface area contributed by atoms with Crippen LogP contribution in [0.4, 0.5) is 0 Å². The monoisotopic (exact) mass is 250 g/mol. The van der Waals surface area contributed by atoms with E-state index in [1.54, 1.807) is 0 Å². The average molecular weight is 250 g/mol. The van der Waals surface area contributed by atoms with Crippen molar-refractivity contribution in [2.24, 2.45) is 0 Å². The molecular weight excluding hydrogens is 232 g/mol. The van der Waals surface area contributed by atoms with Crippen LogP contribution in [0.5, 0.6) is 0 Å². The molecule has 0 aromatic heterocycles. The van der Waals surface area contributed by atoms with Gasteiger partial charge in [-0.25, -0.2) is 0 Å². The summed E-state index contributed by atoms with van der Waals surface area (Å²) in [5, 5.41) is 0. The number of benzene rings is 2. The molecule has 0 spiro atoms. The minimum atomic E-state index is -0.188. The summed E-state index contributed by atoms with van der Waals surface area (Å²) in [6.07, 6.45) is 2.55. The summed E-state index contributed by atoms with van der Waals surface area (Å²) >= 11 is 0. The predicted molar refractivity (Wildman–Crippen MR) is 77.2 cm³/mol. The number of carbonyl (C=O) groups is 1. The van der Waals surface area contributed by atoms with Crippen molar-refractivity contribution in [1.82, 2.24) is 0 Å². The van der Waals surface area contributed by atoms with Gasteiger partial charge in [0, 0.05) is 6.42 Å². The standard InChI is InChI=1S/C18H18O/c1-14-7-9-15(10-8-14)13-17(19)18(11-12-18)16-5-3-2-4-6-16/h2-10H,11-13H2,1H3. The van der Waals surface area contributed by atoms with Crippen LogP contribution in [0.2, 0.25) is 0 Å². The molecule has 1 saturated carbocycles. The largest absolute Gasteiger partial charge is 0.298 e. The second-order valence-corrected chi connectivity index (χ2v) is 5.53. The van der Waals surface area contributed by atoms with Gasteiger partial charge in [-0.2, -0.15) is 0 Å². The zero-order chi connectivity index (χ0) is 13.3. The minimum Gasteiger partial charge on any atom is -0.298 e. The van der Waals surface area contributed by atoms with Crippen molar-refractivity contribution >= 4 is 5.78 Å². The van der Waals surface area contributed by atoms with Crippen LogP contribution >= 0.6 is 0 Å². The lowest BCUT2D eigenvalue weighted by molar-refractivity contribution is -0.120. The Hall–Kier alpha value is -1.89. The highest BCUT2D eigenvalue weighted by Gasteiger charge is 2.50. The molecule has 0 bridgehead atoms. The summed E-state index contributed by atoms with van der Waals surface area (Å²) in [6, 6.07) is 18.5. The van der Waals surface area contributed by atoms with Gasteiger partial charge in [0.15, 0.2) is 0 Å². The van der Waals surface area contributed by atoms with Gasteiger partial charge in [0.1, 0.15) is 5.78 Å². The lowest BCUT2D eigenvalue weighted by Gasteiger charge is -2.14. The number of aryl methyl sites for hydroxylation is 1. The molecule has 0 saturated heterocycles. The SMILES string of the molecule is Cc1ccc(CC(=O)C2(c3ccccc3)CC2)cc1. The average Bonchev–Trinajstić information content (AvgIpc) is 3.24. The minimum absolute atomic E-state index is 0.188. The highest BCUT2D eigenvalue weighted by molar-refractivity contribution is 5.94. The lowest BCUT2D eigenvalue weighted by atomic mass is 9.88. The van der Waals surface area contributed by atoms with Crippen LogP contribution in [-0.4, -0.2) is 5.78 Å². The van der Waals surface area contributed by atoms with Crippen molar-refractivity contribution in [3.8, 4) is 0 Å². The van der Waals surface area contributed by atoms with Gasteiger partial charge in [-0.05, 0) is 30.9 Å². The Morgan fingerprint density at radius 3 is 2.21 bits per heavy atom. The van der Waals surface area contributed by atoms with E-state index in [2.05, 4.69) is 43.3 Å². The molecule has 0 radical (unpaired) electrons. The molecule has 1 heteroatoms. The highest BCUT2D eigenvalue weighted by atomic mass is 16.1. The van der Waals surface area contributed by atoms with Crippen molar-refractivity contribution in [2.75, 3.05) is 0 Å². The molecule has 2 aromatic carbocycles. The molecule has 0 atom stereocenters. The molecule has 1 fully saturated rings. The van der Waals surface area contributed by atoms with E-state index in [-0.39, 0.29) is 5.41 Å². The van der Waals surface area contributed by atoms with E-state index < -0.39 is 0 Å². The third-order valence-corrected chi connectivity index (χ3v) is 4.10. The zero-order valence-corrected chi connectivity index (χ0v) is 11.2. The number of hydrogen-bond acceptors (Lipinski definition) is 1. The van der Waals surface area contributed by atoms with Gasteiger partial charge in [0.25, 0.3) is 0 Å². The second kappa shape index (κ2) is 4.65. The van der Waals surface area contributed by atoms with Gasteiger partial charge in [-0.3, -0.25) is 4.79 Å². The Labute approximate surface area is 114 Å². The number of ketones is 1. The maximum absolute atomic E-state index is 12.6. The Kier molecular flexibility index (Phi) is 2.98. The molecule has 0 N–H and O–H groups in total. The molecule has 0 unspecified atom stereocenters. The van der Waals surface area contributed by atoms with Crippen molar-refractivity contribution in [3.63, 3.8) is 0 Å². The second-order valence-electron chi connectivity index (χ2n) is 5.53. The van der Waals surface area contributed by atoms with Crippen LogP contribution in [0, 0.1) is 6.92 Å². The third-order valence-electron chi connectivity index (χ3n) is 4.10. The molecule has 0 amide bonds. The Balaban J connectivity index is 1.79. The predicted octanol–water partition coefficient (Wildman–Crippen LogP) is 3.84. The summed E-state index contributed by atoms with van der Waals surface area (Å²) in [5.41, 5.74) is 3.36. The Morgan fingerprint density at radius 2 is 1.63 bits per heavy atom. The molecule has 0 heterocycles. The fraction of sp³-hybridized carbons (Fsp3) is 0.278. The van der Waals surface area contributed by atoms with Crippen molar-refractivity contribution < 1.29 is 4.79 Å². The van der Waals surface area contributed by atoms with Gasteiger partial charge in [0.05, 0.1) is 5.41 Å². The first kappa shape index (κ1) is 12.2. The quantitative estimate of drug-likeness (QED) is 0.805. The Morgan fingerprint density at radius 1 is 1.00 bits per heavy atom. The first-order chi connectivity index (χ1) is 9.21. The summed E-state index contributed by atoms with van der Waals surface area (Å²) < 4.78 is 0. The van der Waals surface area contributed by atoms with Gasteiger partial charge >= 0.3 is 0 Å². The first-order valence-electron chi connectivity index (χ1n) is 6.85. The fourth-order valence-corrected chi connectivity index (χ4v) is 2.67. The summed E-state index contributed by atoms with van der Waals surface area (Å²) in [7, 11) is 0. The van der Waals surface area contributed by atoms with E-state index in [1.807, 2.05) is 18.2 Å². The van der Waals surface area contributed by atoms with Crippen molar-refractivity contribution in [2.45, 2.75) is 31.6 Å². The van der Waals surface area contributed by atoms with Crippen LogP contribution in [0.1, 0.15) is 29.5 Å². The van der Waals surface area contributed by atoms with Crippen LogP contribution in [0.25, 0.3) is 0 Å². The topological polar surface area (TPSA) is 17.1 Å². The molecule has 1 nitrogen and oxygen atoms in total. The molecule has 1 aliphatic carbocycles. The zero-order valence-electron chi connectivity index (χ0n) is 11.2. The summed E-state index contributed by atoms with van der Waals surface area (Å²) in [5.74, 6) is 0.363. The summed E-state index contributed by atoms with van der Waals surface area (Å²) in [6.45, 7) is 2.07. The van der Waals surface area contributed by atoms with E-state index in [4.69, 9.17) is 0 Å². The molecule has 2 aromatic rings. The molecule has 19 heavy (non-hydrogen) atoms. The normalized spacial score (nSPS) is 16.1. The van der Waals surface area contributed by atoms with Crippen LogP contribution in [0.15, 0.2) is 54.6 Å². The van der Waals surface area contributed by atoms with Crippen LogP contribution in [0.3, 0.4) is 0 Å². The van der Waals surface area contributed by atoms with Gasteiger partial charge in [-0.15, -0.1) is 0 Å². The molecule has 1 aliphatic rings. The van der Waals surface area contributed by atoms with Gasteiger partial charge in [0.2, 0.25) is 0 Å². The fourth-order valence-electron chi connectivity index (χ4n) is 2.67. The van der Waals surface area contributed by atoms with Crippen LogP contribution in [-0.2, 0) is 16.6 Å². The van der Waals surface area contributed by atoms with Gasteiger partial charge < -0.3 is 0 Å². The smallest absolute Gasteiger partial charge is 0.147 e. The first-order valence-corrected chi connectivity index (χ1v) is 6.85. The number of carbonyl (C=O) groups excluding carboxylic acids is 1. The molecule has 3 rings (SSSR count). The van der Waals surface area contributed by atoms with E-state index >= 15 is 0 Å². The van der Waals surface area contributed by atoms with E-state index in [0.29, 0.717) is 12.2 Å². The lowest BCUT2D eigenvalue weighted by Crippen LogP contribution is -2.22. The van der Waals surface area contributed by atoms with Crippen molar-refractivity contribution in [1.29, 1.82) is 0 Å². The van der Waals surface area contributed by atoms with E-state index in [0.717, 1.165) is 18.4 Å². The van der Waals surface area contributed by atoms with Crippen LogP contribution < -0.4 is 0 Å². The Bertz CT molecular complexity index is 577. The molecule has 96 valence electrons. The highest BCUT2D eigenvalue weighted by Crippen LogP contribution is 2.49. The van der Waals surface area contributed by atoms with Crippen molar-refractivity contribution in [3.05, 3.63) is 71.3 Å². The third kappa shape index (κ3) is 2.33. The number of hydrogen-bond donors (Lipinski definition) is 0. The number of rotatable bonds is 4. The summed E-state index contributed by atoms with van der Waals surface area (Å²) in [4.78, 5) is 12.6. The molecule has 0 aliphatic heterocycles. The maximum Gasteiger partial charge on any atom is 0.147 e. The van der Waals surface area contributed by atoms with Gasteiger partial charge in [-0.1, -0.05) is 60.2 Å².